The van der Waals surface area contributed by atoms with E-state index in [2.05, 4.69) is 0 Å². The molecule has 18 heavy (non-hydrogen) atoms. The van der Waals surface area contributed by atoms with Gasteiger partial charge >= 0.3 is 5.97 Å². The van der Waals surface area contributed by atoms with Crippen LogP contribution in [0.3, 0.4) is 0 Å². The molecule has 1 saturated heterocycles. The Morgan fingerprint density at radius 3 is 2.50 bits per heavy atom. The Labute approximate surface area is 106 Å². The van der Waals surface area contributed by atoms with Gasteiger partial charge in [-0.25, -0.2) is 4.79 Å². The number of piperidine rings is 1. The Morgan fingerprint density at radius 2 is 1.94 bits per heavy atom. The van der Waals surface area contributed by atoms with Crippen molar-refractivity contribution in [2.24, 2.45) is 0 Å². The Hall–Kier alpha value is -1.84. The van der Waals surface area contributed by atoms with Crippen LogP contribution in [-0.4, -0.2) is 23.0 Å². The smallest absolute Gasteiger partial charge is 0.326 e. The van der Waals surface area contributed by atoms with E-state index < -0.39 is 12.0 Å². The lowest BCUT2D eigenvalue weighted by Crippen LogP contribution is -2.48. The summed E-state index contributed by atoms with van der Waals surface area (Å²) >= 11 is 0. The number of carbonyl (C=O) groups excluding carboxylic acids is 1. The molecule has 1 unspecified atom stereocenters. The van der Waals surface area contributed by atoms with Gasteiger partial charge in [-0.05, 0) is 37.8 Å². The van der Waals surface area contributed by atoms with Crippen molar-refractivity contribution in [3.05, 3.63) is 29.3 Å². The van der Waals surface area contributed by atoms with E-state index in [4.69, 9.17) is 0 Å². The molecule has 1 fully saturated rings. The number of aliphatic carboxylic acids is 1. The first-order valence-corrected chi connectivity index (χ1v) is 6.13. The van der Waals surface area contributed by atoms with Gasteiger partial charge in [-0.1, -0.05) is 18.2 Å². The zero-order valence-corrected chi connectivity index (χ0v) is 10.6. The Kier molecular flexibility index (Phi) is 3.36. The minimum absolute atomic E-state index is 0.0916. The van der Waals surface area contributed by atoms with E-state index in [0.717, 1.165) is 16.8 Å². The number of carbonyl (C=O) groups is 2. The molecule has 1 aromatic carbocycles. The van der Waals surface area contributed by atoms with Gasteiger partial charge in [0.05, 0.1) is 5.69 Å². The molecule has 4 nitrogen and oxygen atoms in total. The van der Waals surface area contributed by atoms with Gasteiger partial charge in [0.1, 0.15) is 6.04 Å². The number of amides is 1. The first-order chi connectivity index (χ1) is 8.52. The van der Waals surface area contributed by atoms with Crippen molar-refractivity contribution in [2.75, 3.05) is 4.90 Å². The van der Waals surface area contributed by atoms with Crippen molar-refractivity contribution in [1.29, 1.82) is 0 Å². The fourth-order valence-electron chi connectivity index (χ4n) is 2.57. The van der Waals surface area contributed by atoms with Gasteiger partial charge in [0.2, 0.25) is 5.91 Å². The van der Waals surface area contributed by atoms with Crippen molar-refractivity contribution >= 4 is 17.6 Å². The van der Waals surface area contributed by atoms with Gasteiger partial charge in [-0.2, -0.15) is 0 Å². The zero-order valence-electron chi connectivity index (χ0n) is 10.6. The van der Waals surface area contributed by atoms with E-state index in [1.54, 1.807) is 0 Å². The van der Waals surface area contributed by atoms with Crippen LogP contribution < -0.4 is 4.90 Å². The first kappa shape index (κ1) is 12.6. The highest BCUT2D eigenvalue weighted by molar-refractivity contribution is 6.01. The predicted molar refractivity (Wildman–Crippen MR) is 68.7 cm³/mol. The molecule has 1 heterocycles. The molecule has 0 saturated carbocycles. The van der Waals surface area contributed by atoms with Crippen molar-refractivity contribution in [2.45, 2.75) is 39.2 Å². The molecular weight excluding hydrogens is 230 g/mol. The van der Waals surface area contributed by atoms with Gasteiger partial charge in [-0.3, -0.25) is 9.69 Å². The second-order valence-corrected chi connectivity index (χ2v) is 4.75. The number of carboxylic acids is 1. The van der Waals surface area contributed by atoms with E-state index in [1.165, 1.54) is 4.90 Å². The van der Waals surface area contributed by atoms with Crippen LogP contribution in [0.15, 0.2) is 18.2 Å². The molecule has 0 aliphatic carbocycles. The second-order valence-electron chi connectivity index (χ2n) is 4.75. The molecule has 1 amide bonds. The highest BCUT2D eigenvalue weighted by Gasteiger charge is 2.35. The fourth-order valence-corrected chi connectivity index (χ4v) is 2.57. The van der Waals surface area contributed by atoms with Crippen molar-refractivity contribution in [1.82, 2.24) is 0 Å². The molecule has 1 atom stereocenters. The number of benzene rings is 1. The molecule has 0 aromatic heterocycles. The number of aryl methyl sites for hydroxylation is 2. The molecule has 1 N–H and O–H groups in total. The number of nitrogens with zero attached hydrogens (tertiary/aromatic N) is 1. The van der Waals surface area contributed by atoms with Crippen molar-refractivity contribution in [3.8, 4) is 0 Å². The van der Waals surface area contributed by atoms with E-state index in [1.807, 2.05) is 32.0 Å². The molecule has 0 bridgehead atoms. The third-order valence-corrected chi connectivity index (χ3v) is 3.41. The summed E-state index contributed by atoms with van der Waals surface area (Å²) in [4.78, 5) is 24.9. The molecular formula is C14H17NO3. The fraction of sp³-hybridized carbons (Fsp3) is 0.429. The van der Waals surface area contributed by atoms with E-state index in [-0.39, 0.29) is 5.91 Å². The summed E-state index contributed by atoms with van der Waals surface area (Å²) in [5.74, 6) is -1.02. The van der Waals surface area contributed by atoms with Gasteiger partial charge in [0, 0.05) is 6.42 Å². The van der Waals surface area contributed by atoms with Crippen LogP contribution in [0.2, 0.25) is 0 Å². The summed E-state index contributed by atoms with van der Waals surface area (Å²) in [5.41, 5.74) is 2.64. The highest BCUT2D eigenvalue weighted by Crippen LogP contribution is 2.31. The maximum absolute atomic E-state index is 12.1. The maximum Gasteiger partial charge on any atom is 0.326 e. The summed E-state index contributed by atoms with van der Waals surface area (Å²) in [5, 5.41) is 9.28. The summed E-state index contributed by atoms with van der Waals surface area (Å²) < 4.78 is 0. The second kappa shape index (κ2) is 4.80. The van der Waals surface area contributed by atoms with Crippen LogP contribution in [0.4, 0.5) is 5.69 Å². The van der Waals surface area contributed by atoms with Gasteiger partial charge in [0.25, 0.3) is 0 Å². The van der Waals surface area contributed by atoms with E-state index in [0.29, 0.717) is 19.3 Å². The predicted octanol–water partition coefficient (Wildman–Crippen LogP) is 2.27. The standard InChI is InChI=1S/C14H17NO3/c1-9-5-3-6-10(2)13(9)15-11(14(17)18)7-4-8-12(15)16/h3,5-6,11H,4,7-8H2,1-2H3,(H,17,18). The molecule has 1 aliphatic heterocycles. The Balaban J connectivity index is 2.50. The van der Waals surface area contributed by atoms with E-state index in [9.17, 15) is 14.7 Å². The van der Waals surface area contributed by atoms with Crippen LogP contribution in [0.5, 0.6) is 0 Å². The summed E-state index contributed by atoms with van der Waals surface area (Å²) in [6.07, 6.45) is 1.60. The van der Waals surface area contributed by atoms with Gasteiger partial charge in [0.15, 0.2) is 0 Å². The average Bonchev–Trinajstić information content (AvgIpc) is 2.30. The molecule has 96 valence electrons. The topological polar surface area (TPSA) is 57.6 Å². The third kappa shape index (κ3) is 2.10. The number of hydrogen-bond acceptors (Lipinski definition) is 2. The van der Waals surface area contributed by atoms with Crippen LogP contribution in [0.1, 0.15) is 30.4 Å². The summed E-state index contributed by atoms with van der Waals surface area (Å²) in [7, 11) is 0. The molecule has 0 spiro atoms. The third-order valence-electron chi connectivity index (χ3n) is 3.41. The van der Waals surface area contributed by atoms with Crippen LogP contribution >= 0.6 is 0 Å². The lowest BCUT2D eigenvalue weighted by molar-refractivity contribution is -0.141. The lowest BCUT2D eigenvalue weighted by atomic mass is 9.97. The van der Waals surface area contributed by atoms with E-state index >= 15 is 0 Å². The summed E-state index contributed by atoms with van der Waals surface area (Å²) in [6.45, 7) is 3.81. The molecule has 2 rings (SSSR count). The van der Waals surface area contributed by atoms with Gasteiger partial charge < -0.3 is 5.11 Å². The number of para-hydroxylation sites is 1. The maximum atomic E-state index is 12.1. The van der Waals surface area contributed by atoms with Crippen LogP contribution in [-0.2, 0) is 9.59 Å². The van der Waals surface area contributed by atoms with Gasteiger partial charge in [-0.15, -0.1) is 0 Å². The monoisotopic (exact) mass is 247 g/mol. The number of anilines is 1. The number of carboxylic acid groups (broad SMARTS) is 1. The lowest BCUT2D eigenvalue weighted by Gasteiger charge is -2.34. The molecule has 4 heteroatoms. The highest BCUT2D eigenvalue weighted by atomic mass is 16.4. The number of hydrogen-bond donors (Lipinski definition) is 1. The van der Waals surface area contributed by atoms with Crippen molar-refractivity contribution in [3.63, 3.8) is 0 Å². The van der Waals surface area contributed by atoms with Crippen LogP contribution in [0.25, 0.3) is 0 Å². The average molecular weight is 247 g/mol. The SMILES string of the molecule is Cc1cccc(C)c1N1C(=O)CCCC1C(=O)O. The zero-order chi connectivity index (χ0) is 13.3. The normalized spacial score (nSPS) is 20.0. The van der Waals surface area contributed by atoms with Crippen LogP contribution in [0, 0.1) is 13.8 Å². The Morgan fingerprint density at radius 1 is 1.33 bits per heavy atom. The largest absolute Gasteiger partial charge is 0.480 e. The molecule has 1 aromatic rings. The molecule has 1 aliphatic rings. The minimum atomic E-state index is -0.925. The minimum Gasteiger partial charge on any atom is -0.480 e. The number of rotatable bonds is 2. The molecule has 0 radical (unpaired) electrons. The quantitative estimate of drug-likeness (QED) is 0.872. The summed E-state index contributed by atoms with van der Waals surface area (Å²) in [6, 6.07) is 5.00. The Bertz CT molecular complexity index is 476. The van der Waals surface area contributed by atoms with Crippen molar-refractivity contribution < 1.29 is 14.7 Å². The first-order valence-electron chi connectivity index (χ1n) is 6.13.